The third-order valence-electron chi connectivity index (χ3n) is 4.06. The van der Waals surface area contributed by atoms with E-state index >= 15 is 0 Å². The van der Waals surface area contributed by atoms with Gasteiger partial charge in [0, 0.05) is 12.1 Å². The summed E-state index contributed by atoms with van der Waals surface area (Å²) in [5, 5.41) is 4.87. The average molecular weight is 365 g/mol. The highest BCUT2D eigenvalue weighted by atomic mass is 32.1. The Labute approximate surface area is 156 Å². The normalized spacial score (nSPS) is 10.4. The Morgan fingerprint density at radius 3 is 2.35 bits per heavy atom. The van der Waals surface area contributed by atoms with Crippen molar-refractivity contribution in [2.75, 3.05) is 7.11 Å². The Balaban J connectivity index is 1.69. The van der Waals surface area contributed by atoms with Crippen molar-refractivity contribution >= 4 is 23.2 Å². The molecule has 0 saturated carbocycles. The zero-order valence-electron chi connectivity index (χ0n) is 14.6. The number of rotatable bonds is 5. The number of carbonyl (C=O) groups is 2. The first-order chi connectivity index (χ1) is 12.6. The van der Waals surface area contributed by atoms with Crippen molar-refractivity contribution in [3.8, 4) is 11.1 Å². The van der Waals surface area contributed by atoms with Crippen LogP contribution in [0.15, 0.2) is 60.0 Å². The van der Waals surface area contributed by atoms with Gasteiger partial charge in [-0.05, 0) is 41.6 Å². The van der Waals surface area contributed by atoms with Crippen LogP contribution < -0.4 is 5.32 Å². The van der Waals surface area contributed by atoms with Crippen LogP contribution in [0, 0.1) is 6.92 Å². The van der Waals surface area contributed by atoms with Gasteiger partial charge in [-0.2, -0.15) is 0 Å². The minimum atomic E-state index is -0.373. The van der Waals surface area contributed by atoms with Gasteiger partial charge in [-0.15, -0.1) is 11.3 Å². The van der Waals surface area contributed by atoms with Crippen molar-refractivity contribution in [1.29, 1.82) is 0 Å². The quantitative estimate of drug-likeness (QED) is 0.680. The Hall–Kier alpha value is -2.92. The first kappa shape index (κ1) is 17.9. The third kappa shape index (κ3) is 4.00. The van der Waals surface area contributed by atoms with Crippen LogP contribution in [0.3, 0.4) is 0 Å². The maximum atomic E-state index is 12.6. The molecule has 0 spiro atoms. The number of thiophene rings is 1. The van der Waals surface area contributed by atoms with E-state index in [9.17, 15) is 9.59 Å². The van der Waals surface area contributed by atoms with Gasteiger partial charge in [-0.3, -0.25) is 4.79 Å². The van der Waals surface area contributed by atoms with Crippen LogP contribution in [0.1, 0.15) is 31.2 Å². The summed E-state index contributed by atoms with van der Waals surface area (Å²) in [6, 6.07) is 17.1. The number of aryl methyl sites for hydroxylation is 1. The number of ether oxygens (including phenoxy) is 1. The molecule has 132 valence electrons. The highest BCUT2D eigenvalue weighted by Crippen LogP contribution is 2.28. The molecule has 3 rings (SSSR count). The molecule has 0 fully saturated rings. The molecular weight excluding hydrogens is 346 g/mol. The Bertz CT molecular complexity index is 911. The van der Waals surface area contributed by atoms with Gasteiger partial charge in [0.1, 0.15) is 0 Å². The zero-order chi connectivity index (χ0) is 18.5. The van der Waals surface area contributed by atoms with E-state index in [0.717, 1.165) is 16.7 Å². The van der Waals surface area contributed by atoms with Crippen LogP contribution in [0.25, 0.3) is 11.1 Å². The van der Waals surface area contributed by atoms with Gasteiger partial charge in [0.25, 0.3) is 5.91 Å². The first-order valence-electron chi connectivity index (χ1n) is 8.18. The van der Waals surface area contributed by atoms with Gasteiger partial charge < -0.3 is 10.1 Å². The van der Waals surface area contributed by atoms with E-state index in [-0.39, 0.29) is 11.9 Å². The first-order valence-corrected chi connectivity index (χ1v) is 9.06. The fraction of sp³-hybridized carbons (Fsp3) is 0.143. The Morgan fingerprint density at radius 1 is 1.00 bits per heavy atom. The van der Waals surface area contributed by atoms with Crippen molar-refractivity contribution in [2.24, 2.45) is 0 Å². The average Bonchev–Trinajstić information content (AvgIpc) is 3.16. The highest BCUT2D eigenvalue weighted by Gasteiger charge is 2.14. The molecule has 5 heteroatoms. The van der Waals surface area contributed by atoms with Crippen molar-refractivity contribution in [3.05, 3.63) is 81.5 Å². The summed E-state index contributed by atoms with van der Waals surface area (Å²) < 4.78 is 4.68. The number of nitrogens with one attached hydrogen (secondary N) is 1. The topological polar surface area (TPSA) is 55.4 Å². The van der Waals surface area contributed by atoms with Gasteiger partial charge >= 0.3 is 5.97 Å². The van der Waals surface area contributed by atoms with Gasteiger partial charge in [0.15, 0.2) is 0 Å². The van der Waals surface area contributed by atoms with Gasteiger partial charge in [-0.25, -0.2) is 4.79 Å². The molecule has 0 bridgehead atoms. The van der Waals surface area contributed by atoms with Crippen LogP contribution in [0.2, 0.25) is 0 Å². The molecule has 26 heavy (non-hydrogen) atoms. The number of carbonyl (C=O) groups excluding carboxylic acids is 2. The standard InChI is InChI=1S/C21H19NO3S/c1-14-3-7-16(8-4-14)18-11-12-26-19(18)20(23)22-13-15-5-9-17(10-6-15)21(24)25-2/h3-12H,13H2,1-2H3,(H,22,23). The third-order valence-corrected chi connectivity index (χ3v) is 4.98. The van der Waals surface area contributed by atoms with E-state index in [1.165, 1.54) is 24.0 Å². The highest BCUT2D eigenvalue weighted by molar-refractivity contribution is 7.12. The predicted molar refractivity (Wildman–Crippen MR) is 103 cm³/mol. The summed E-state index contributed by atoms with van der Waals surface area (Å²) in [5.41, 5.74) is 4.56. The van der Waals surface area contributed by atoms with Crippen LogP contribution in [-0.2, 0) is 11.3 Å². The fourth-order valence-electron chi connectivity index (χ4n) is 2.58. The van der Waals surface area contributed by atoms with E-state index in [1.54, 1.807) is 12.1 Å². The molecule has 0 aliphatic carbocycles. The number of benzene rings is 2. The Morgan fingerprint density at radius 2 is 1.69 bits per heavy atom. The summed E-state index contributed by atoms with van der Waals surface area (Å²) in [5.74, 6) is -0.477. The smallest absolute Gasteiger partial charge is 0.337 e. The van der Waals surface area contributed by atoms with Crippen LogP contribution in [-0.4, -0.2) is 19.0 Å². The molecule has 2 aromatic carbocycles. The summed E-state index contributed by atoms with van der Waals surface area (Å²) in [6.07, 6.45) is 0. The molecule has 0 atom stereocenters. The largest absolute Gasteiger partial charge is 0.465 e. The molecule has 1 N–H and O–H groups in total. The molecule has 1 heterocycles. The van der Waals surface area contributed by atoms with Crippen molar-refractivity contribution in [3.63, 3.8) is 0 Å². The lowest BCUT2D eigenvalue weighted by molar-refractivity contribution is 0.0600. The van der Waals surface area contributed by atoms with Crippen LogP contribution >= 0.6 is 11.3 Å². The minimum Gasteiger partial charge on any atom is -0.465 e. The second kappa shape index (κ2) is 7.97. The van der Waals surface area contributed by atoms with Crippen molar-refractivity contribution in [1.82, 2.24) is 5.32 Å². The number of esters is 1. The van der Waals surface area contributed by atoms with E-state index in [0.29, 0.717) is 17.0 Å². The van der Waals surface area contributed by atoms with E-state index in [4.69, 9.17) is 0 Å². The summed E-state index contributed by atoms with van der Waals surface area (Å²) in [4.78, 5) is 24.7. The molecule has 1 aromatic heterocycles. The second-order valence-electron chi connectivity index (χ2n) is 5.90. The molecule has 3 aromatic rings. The van der Waals surface area contributed by atoms with Gasteiger partial charge in [-0.1, -0.05) is 42.0 Å². The SMILES string of the molecule is COC(=O)c1ccc(CNC(=O)c2sccc2-c2ccc(C)cc2)cc1. The molecule has 0 aliphatic heterocycles. The summed E-state index contributed by atoms with van der Waals surface area (Å²) >= 11 is 1.43. The van der Waals surface area contributed by atoms with E-state index in [1.807, 2.05) is 54.8 Å². The van der Waals surface area contributed by atoms with Gasteiger partial charge in [0.05, 0.1) is 17.6 Å². The lowest BCUT2D eigenvalue weighted by Gasteiger charge is -2.07. The maximum Gasteiger partial charge on any atom is 0.337 e. The number of hydrogen-bond donors (Lipinski definition) is 1. The number of hydrogen-bond acceptors (Lipinski definition) is 4. The monoisotopic (exact) mass is 365 g/mol. The molecule has 4 nitrogen and oxygen atoms in total. The minimum absolute atomic E-state index is 0.104. The maximum absolute atomic E-state index is 12.6. The lowest BCUT2D eigenvalue weighted by Crippen LogP contribution is -2.22. The van der Waals surface area contributed by atoms with Gasteiger partial charge in [0.2, 0.25) is 0 Å². The molecule has 0 saturated heterocycles. The molecule has 1 amide bonds. The summed E-state index contributed by atoms with van der Waals surface area (Å²) in [6.45, 7) is 2.43. The Kier molecular flexibility index (Phi) is 5.49. The fourth-order valence-corrected chi connectivity index (χ4v) is 3.42. The number of amides is 1. The summed E-state index contributed by atoms with van der Waals surface area (Å²) in [7, 11) is 1.35. The van der Waals surface area contributed by atoms with E-state index < -0.39 is 0 Å². The molecule has 0 unspecified atom stereocenters. The second-order valence-corrected chi connectivity index (χ2v) is 6.82. The molecule has 0 aliphatic rings. The molecule has 0 radical (unpaired) electrons. The predicted octanol–water partition coefficient (Wildman–Crippen LogP) is 4.44. The van der Waals surface area contributed by atoms with Crippen molar-refractivity contribution in [2.45, 2.75) is 13.5 Å². The lowest BCUT2D eigenvalue weighted by atomic mass is 10.0. The van der Waals surface area contributed by atoms with E-state index in [2.05, 4.69) is 10.1 Å². The van der Waals surface area contributed by atoms with Crippen molar-refractivity contribution < 1.29 is 14.3 Å². The molecular formula is C21H19NO3S. The zero-order valence-corrected chi connectivity index (χ0v) is 15.4. The van der Waals surface area contributed by atoms with Crippen LogP contribution in [0.4, 0.5) is 0 Å². The number of methoxy groups -OCH3 is 1. The van der Waals surface area contributed by atoms with Crippen LogP contribution in [0.5, 0.6) is 0 Å².